The lowest BCUT2D eigenvalue weighted by Gasteiger charge is -2.30. The first-order valence-corrected chi connectivity index (χ1v) is 10.6. The molecule has 0 atom stereocenters. The van der Waals surface area contributed by atoms with Crippen molar-refractivity contribution in [1.29, 1.82) is 0 Å². The summed E-state index contributed by atoms with van der Waals surface area (Å²) in [6, 6.07) is 0. The molecule has 1 heterocycles. The number of hydrogen-bond acceptors (Lipinski definition) is 1. The van der Waals surface area contributed by atoms with Gasteiger partial charge >= 0.3 is 0 Å². The maximum absolute atomic E-state index is 5.24. The van der Waals surface area contributed by atoms with Gasteiger partial charge < -0.3 is 4.98 Å². The zero-order valence-electron chi connectivity index (χ0n) is 18.6. The van der Waals surface area contributed by atoms with E-state index in [0.29, 0.717) is 0 Å². The second kappa shape index (κ2) is 8.73. The lowest BCUT2D eigenvalue weighted by atomic mass is 9.76. The van der Waals surface area contributed by atoms with E-state index in [1.165, 1.54) is 68.6 Å². The number of H-pyrrole nitrogens is 1. The highest BCUT2D eigenvalue weighted by Crippen LogP contribution is 2.40. The maximum Gasteiger partial charge on any atom is 0.112 e. The van der Waals surface area contributed by atoms with Crippen molar-refractivity contribution >= 4 is 0 Å². The van der Waals surface area contributed by atoms with Crippen LogP contribution in [-0.4, -0.2) is 9.97 Å². The van der Waals surface area contributed by atoms with Gasteiger partial charge in [-0.05, 0) is 19.3 Å². The third-order valence-electron chi connectivity index (χ3n) is 5.82. The van der Waals surface area contributed by atoms with E-state index >= 15 is 0 Å². The molecular formula is C23H44N2. The van der Waals surface area contributed by atoms with Gasteiger partial charge in [-0.25, -0.2) is 4.98 Å². The first kappa shape index (κ1) is 22.3. The highest BCUT2D eigenvalue weighted by molar-refractivity contribution is 5.31. The summed E-state index contributed by atoms with van der Waals surface area (Å²) in [6.45, 7) is 21.0. The predicted octanol–water partition coefficient (Wildman–Crippen LogP) is 7.42. The molecule has 0 aromatic carbocycles. The van der Waals surface area contributed by atoms with Crippen LogP contribution in [0.2, 0.25) is 0 Å². The zero-order valence-corrected chi connectivity index (χ0v) is 18.6. The van der Waals surface area contributed by atoms with Crippen molar-refractivity contribution in [3.8, 4) is 0 Å². The Morgan fingerprint density at radius 2 is 1.24 bits per heavy atom. The van der Waals surface area contributed by atoms with Gasteiger partial charge in [-0.3, -0.25) is 0 Å². The van der Waals surface area contributed by atoms with Crippen LogP contribution in [0.15, 0.2) is 0 Å². The fourth-order valence-corrected chi connectivity index (χ4v) is 4.10. The summed E-state index contributed by atoms with van der Waals surface area (Å²) >= 11 is 0. The molecule has 0 saturated heterocycles. The minimum Gasteiger partial charge on any atom is -0.345 e. The van der Waals surface area contributed by atoms with Crippen LogP contribution in [0.5, 0.6) is 0 Å². The lowest BCUT2D eigenvalue weighted by Crippen LogP contribution is -2.26. The van der Waals surface area contributed by atoms with E-state index in [1.54, 1.807) is 0 Å². The monoisotopic (exact) mass is 348 g/mol. The van der Waals surface area contributed by atoms with Crippen molar-refractivity contribution in [1.82, 2.24) is 9.97 Å². The largest absolute Gasteiger partial charge is 0.345 e. The van der Waals surface area contributed by atoms with E-state index in [-0.39, 0.29) is 16.2 Å². The third kappa shape index (κ3) is 5.59. The molecule has 0 aliphatic heterocycles. The third-order valence-corrected chi connectivity index (χ3v) is 5.82. The highest BCUT2D eigenvalue weighted by atomic mass is 15.0. The maximum atomic E-state index is 5.24. The van der Waals surface area contributed by atoms with Gasteiger partial charge in [0.05, 0.1) is 5.69 Å². The minimum absolute atomic E-state index is 0.118. The van der Waals surface area contributed by atoms with Gasteiger partial charge in [-0.1, -0.05) is 94.4 Å². The Hall–Kier alpha value is -0.790. The molecule has 1 N–H and O–H groups in total. The van der Waals surface area contributed by atoms with E-state index in [9.17, 15) is 0 Å². The van der Waals surface area contributed by atoms with Crippen LogP contribution in [0.1, 0.15) is 131 Å². The number of imidazole rings is 1. The van der Waals surface area contributed by atoms with Crippen LogP contribution in [0.3, 0.4) is 0 Å². The lowest BCUT2D eigenvalue weighted by molar-refractivity contribution is 0.415. The fourth-order valence-electron chi connectivity index (χ4n) is 4.10. The number of hydrogen-bond donors (Lipinski definition) is 1. The smallest absolute Gasteiger partial charge is 0.112 e. The van der Waals surface area contributed by atoms with Crippen LogP contribution in [0.4, 0.5) is 0 Å². The van der Waals surface area contributed by atoms with Crippen molar-refractivity contribution in [3.63, 3.8) is 0 Å². The molecule has 0 fully saturated rings. The van der Waals surface area contributed by atoms with Crippen molar-refractivity contribution in [3.05, 3.63) is 17.2 Å². The Kier molecular flexibility index (Phi) is 7.77. The van der Waals surface area contributed by atoms with Crippen molar-refractivity contribution in [2.45, 2.75) is 130 Å². The topological polar surface area (TPSA) is 28.7 Å². The minimum atomic E-state index is 0.118. The summed E-state index contributed by atoms with van der Waals surface area (Å²) in [6.07, 6.45) is 9.85. The van der Waals surface area contributed by atoms with Crippen LogP contribution < -0.4 is 0 Å². The number of nitrogens with one attached hydrogen (secondary N) is 1. The molecule has 0 amide bonds. The molecular weight excluding hydrogens is 304 g/mol. The molecule has 0 unspecified atom stereocenters. The van der Waals surface area contributed by atoms with Crippen LogP contribution in [0, 0.1) is 0 Å². The fraction of sp³-hybridized carbons (Fsp3) is 0.870. The van der Waals surface area contributed by atoms with Crippen molar-refractivity contribution in [2.75, 3.05) is 0 Å². The first-order valence-electron chi connectivity index (χ1n) is 10.6. The van der Waals surface area contributed by atoms with Gasteiger partial charge in [0.15, 0.2) is 0 Å². The number of unbranched alkanes of at least 4 members (excludes halogenated alkanes) is 2. The Balaban J connectivity index is 3.33. The highest BCUT2D eigenvalue weighted by Gasteiger charge is 2.36. The zero-order chi connectivity index (χ0) is 19.3. The first-order chi connectivity index (χ1) is 11.5. The van der Waals surface area contributed by atoms with E-state index in [2.05, 4.69) is 67.3 Å². The molecule has 1 aromatic heterocycles. The molecule has 146 valence electrons. The Morgan fingerprint density at radius 3 is 1.76 bits per heavy atom. The summed E-state index contributed by atoms with van der Waals surface area (Å²) in [5, 5.41) is 0. The van der Waals surface area contributed by atoms with E-state index in [0.717, 1.165) is 0 Å². The van der Waals surface area contributed by atoms with Crippen LogP contribution in [0.25, 0.3) is 0 Å². The van der Waals surface area contributed by atoms with Gasteiger partial charge in [0, 0.05) is 21.9 Å². The average molecular weight is 349 g/mol. The second-order valence-electron chi connectivity index (χ2n) is 9.92. The predicted molar refractivity (Wildman–Crippen MR) is 112 cm³/mol. The van der Waals surface area contributed by atoms with Crippen molar-refractivity contribution < 1.29 is 0 Å². The number of rotatable bonds is 11. The van der Waals surface area contributed by atoms with Gasteiger partial charge in [0.2, 0.25) is 0 Å². The molecule has 0 bridgehead atoms. The molecule has 2 nitrogen and oxygen atoms in total. The molecule has 2 heteroatoms. The molecule has 0 aliphatic carbocycles. The number of nitrogens with zero attached hydrogens (tertiary/aromatic N) is 1. The molecule has 0 radical (unpaired) electrons. The second-order valence-corrected chi connectivity index (χ2v) is 9.92. The molecule has 1 rings (SSSR count). The Bertz CT molecular complexity index is 485. The van der Waals surface area contributed by atoms with Gasteiger partial charge in [0.1, 0.15) is 5.82 Å². The quantitative estimate of drug-likeness (QED) is 0.414. The van der Waals surface area contributed by atoms with Gasteiger partial charge in [-0.2, -0.15) is 0 Å². The molecule has 0 spiro atoms. The normalized spacial score (nSPS) is 13.5. The van der Waals surface area contributed by atoms with Gasteiger partial charge in [0.25, 0.3) is 0 Å². The summed E-state index contributed by atoms with van der Waals surface area (Å²) < 4.78 is 0. The summed E-state index contributed by atoms with van der Waals surface area (Å²) in [5.41, 5.74) is 3.09. The summed E-state index contributed by atoms with van der Waals surface area (Å²) in [7, 11) is 0. The molecule has 0 aliphatic rings. The Labute approximate surface area is 157 Å². The average Bonchev–Trinajstić information content (AvgIpc) is 2.95. The van der Waals surface area contributed by atoms with E-state index in [4.69, 9.17) is 4.98 Å². The number of aromatic amines is 1. The van der Waals surface area contributed by atoms with E-state index < -0.39 is 0 Å². The number of aromatic nitrogens is 2. The Morgan fingerprint density at radius 1 is 0.680 bits per heavy atom. The van der Waals surface area contributed by atoms with Crippen LogP contribution >= 0.6 is 0 Å². The van der Waals surface area contributed by atoms with Crippen LogP contribution in [-0.2, 0) is 16.2 Å². The van der Waals surface area contributed by atoms with Gasteiger partial charge in [-0.15, -0.1) is 0 Å². The standard InChI is InChI=1S/C23H44N2/c1-10-13-14-17-23(8,9)20-24-18(21(4,5)15-11-2)19(25-20)22(6,7)16-12-3/h10-17H2,1-9H3,(H,24,25). The summed E-state index contributed by atoms with van der Waals surface area (Å²) in [5.74, 6) is 1.20. The van der Waals surface area contributed by atoms with E-state index in [1.807, 2.05) is 0 Å². The SMILES string of the molecule is CCCCCC(C)(C)c1nc(C(C)(C)CCC)c(C(C)(C)CCC)[nH]1. The summed E-state index contributed by atoms with van der Waals surface area (Å²) in [4.78, 5) is 9.07. The molecule has 0 saturated carbocycles. The molecule has 25 heavy (non-hydrogen) atoms. The molecule has 1 aromatic rings. The van der Waals surface area contributed by atoms with Crippen molar-refractivity contribution in [2.24, 2.45) is 0 Å².